The van der Waals surface area contributed by atoms with Crippen molar-refractivity contribution >= 4 is 28.7 Å². The minimum absolute atomic E-state index is 0.0245. The van der Waals surface area contributed by atoms with E-state index < -0.39 is 42.2 Å². The van der Waals surface area contributed by atoms with Crippen molar-refractivity contribution in [1.82, 2.24) is 4.57 Å². The van der Waals surface area contributed by atoms with E-state index in [0.717, 1.165) is 12.1 Å². The number of carboxylic acid groups (broad SMARTS) is 2. The quantitative estimate of drug-likeness (QED) is 0.363. The molecule has 0 aliphatic carbocycles. The summed E-state index contributed by atoms with van der Waals surface area (Å²) in [4.78, 5) is 31.8. The molecule has 1 amide bonds. The van der Waals surface area contributed by atoms with Crippen molar-refractivity contribution in [3.8, 4) is 11.4 Å². The number of alkyl halides is 6. The van der Waals surface area contributed by atoms with Crippen LogP contribution in [-0.2, 0) is 16.0 Å². The number of hydrogen-bond acceptors (Lipinski definition) is 5. The molecule has 6 N–H and O–H groups in total. The lowest BCUT2D eigenvalue weighted by Crippen LogP contribution is -2.32. The van der Waals surface area contributed by atoms with Gasteiger partial charge in [-0.1, -0.05) is 12.1 Å². The third kappa shape index (κ3) is 7.36. The predicted octanol–water partition coefficient (Wildman–Crippen LogP) is 3.22. The van der Waals surface area contributed by atoms with Crippen molar-refractivity contribution in [1.29, 1.82) is 0 Å². The van der Waals surface area contributed by atoms with Crippen LogP contribution in [0.1, 0.15) is 16.1 Å². The van der Waals surface area contributed by atoms with Gasteiger partial charge in [0.25, 0.3) is 5.91 Å². The van der Waals surface area contributed by atoms with Gasteiger partial charge in [-0.3, -0.25) is 9.59 Å². The number of nitrogens with zero attached hydrogens (tertiary/aromatic N) is 1. The zero-order valence-corrected chi connectivity index (χ0v) is 17.8. The van der Waals surface area contributed by atoms with Crippen LogP contribution in [0, 0.1) is 0 Å². The molecular formula is C21H17F6N3O6. The molecule has 0 bridgehead atoms. The molecule has 1 heterocycles. The molecule has 0 saturated heterocycles. The van der Waals surface area contributed by atoms with Gasteiger partial charge >= 0.3 is 24.5 Å². The van der Waals surface area contributed by atoms with Gasteiger partial charge in [-0.05, 0) is 42.3 Å². The van der Waals surface area contributed by atoms with Crippen molar-refractivity contribution in [2.75, 3.05) is 0 Å². The van der Waals surface area contributed by atoms with E-state index in [9.17, 15) is 35.9 Å². The number of rotatable bonds is 6. The molecule has 0 fully saturated rings. The van der Waals surface area contributed by atoms with E-state index in [0.29, 0.717) is 16.6 Å². The number of carboxylic acids is 2. The number of amides is 1. The maximum Gasteiger partial charge on any atom is 0.573 e. The topological polar surface area (TPSA) is 158 Å². The second kappa shape index (κ2) is 10.6. The van der Waals surface area contributed by atoms with Gasteiger partial charge in [-0.25, -0.2) is 4.79 Å². The fourth-order valence-corrected chi connectivity index (χ4v) is 3.00. The third-order valence-electron chi connectivity index (χ3n) is 4.45. The fraction of sp³-hybridized carbons (Fsp3) is 0.190. The Kier molecular flexibility index (Phi) is 8.20. The van der Waals surface area contributed by atoms with Crippen LogP contribution >= 0.6 is 0 Å². The zero-order chi connectivity index (χ0) is 27.4. The number of aromatic nitrogens is 1. The SMILES string of the molecule is NC(=O)c1cc2ccc(OC(F)(F)F)cc2n1-c1cccc(C[C@H](N)C(=O)O)c1.O=C(O)C(F)(F)F. The molecule has 15 heteroatoms. The average Bonchev–Trinajstić information content (AvgIpc) is 3.11. The number of primary amides is 1. The Labute approximate surface area is 197 Å². The number of carbonyl (C=O) groups excluding carboxylic acids is 1. The van der Waals surface area contributed by atoms with Crippen LogP contribution in [0.25, 0.3) is 16.6 Å². The van der Waals surface area contributed by atoms with Crippen LogP contribution in [0.3, 0.4) is 0 Å². The van der Waals surface area contributed by atoms with E-state index in [4.69, 9.17) is 26.5 Å². The first kappa shape index (κ1) is 28.0. The molecule has 36 heavy (non-hydrogen) atoms. The van der Waals surface area contributed by atoms with Crippen LogP contribution in [0.5, 0.6) is 5.75 Å². The first-order valence-electron chi connectivity index (χ1n) is 9.58. The van der Waals surface area contributed by atoms with Gasteiger partial charge in [0.15, 0.2) is 0 Å². The summed E-state index contributed by atoms with van der Waals surface area (Å²) in [6.07, 6.45) is -9.93. The Bertz CT molecular complexity index is 1290. The van der Waals surface area contributed by atoms with Gasteiger partial charge in [0, 0.05) is 17.1 Å². The number of halogens is 6. The number of benzene rings is 2. The molecule has 0 spiro atoms. The van der Waals surface area contributed by atoms with Gasteiger partial charge in [0.1, 0.15) is 17.5 Å². The van der Waals surface area contributed by atoms with Crippen molar-refractivity contribution in [3.63, 3.8) is 0 Å². The highest BCUT2D eigenvalue weighted by molar-refractivity contribution is 5.99. The molecule has 1 aromatic heterocycles. The van der Waals surface area contributed by atoms with E-state index in [1.165, 1.54) is 16.7 Å². The van der Waals surface area contributed by atoms with Gasteiger partial charge in [-0.15, -0.1) is 13.2 Å². The number of nitrogens with two attached hydrogens (primary N) is 2. The highest BCUT2D eigenvalue weighted by atomic mass is 19.4. The van der Waals surface area contributed by atoms with Crippen LogP contribution in [0.15, 0.2) is 48.5 Å². The van der Waals surface area contributed by atoms with Gasteiger partial charge < -0.3 is 31.0 Å². The van der Waals surface area contributed by atoms with E-state index >= 15 is 0 Å². The normalized spacial score (nSPS) is 12.4. The summed E-state index contributed by atoms with van der Waals surface area (Å²) < 4.78 is 74.8. The second-order valence-corrected chi connectivity index (χ2v) is 7.12. The first-order valence-corrected chi connectivity index (χ1v) is 9.58. The lowest BCUT2D eigenvalue weighted by Gasteiger charge is -2.13. The number of hydrogen-bond donors (Lipinski definition) is 4. The molecular weight excluding hydrogens is 504 g/mol. The molecule has 1 atom stereocenters. The number of ether oxygens (including phenoxy) is 1. The van der Waals surface area contributed by atoms with Crippen molar-refractivity contribution < 1.29 is 55.7 Å². The van der Waals surface area contributed by atoms with Crippen molar-refractivity contribution in [3.05, 3.63) is 59.8 Å². The van der Waals surface area contributed by atoms with E-state index in [1.807, 2.05) is 0 Å². The van der Waals surface area contributed by atoms with Gasteiger partial charge in [0.05, 0.1) is 5.52 Å². The minimum Gasteiger partial charge on any atom is -0.480 e. The molecule has 2 aromatic carbocycles. The molecule has 3 rings (SSSR count). The lowest BCUT2D eigenvalue weighted by atomic mass is 10.1. The molecule has 0 aliphatic heterocycles. The Hall–Kier alpha value is -4.27. The summed E-state index contributed by atoms with van der Waals surface area (Å²) >= 11 is 0. The van der Waals surface area contributed by atoms with Crippen LogP contribution in [-0.4, -0.2) is 51.2 Å². The van der Waals surface area contributed by atoms with E-state index in [1.54, 1.807) is 24.3 Å². The summed E-state index contributed by atoms with van der Waals surface area (Å²) in [6.45, 7) is 0. The van der Waals surface area contributed by atoms with E-state index in [2.05, 4.69) is 4.74 Å². The summed E-state index contributed by atoms with van der Waals surface area (Å²) in [6, 6.07) is 10.4. The number of fused-ring (bicyclic) bond motifs is 1. The molecule has 3 aromatic rings. The molecule has 0 saturated carbocycles. The Balaban J connectivity index is 0.000000572. The van der Waals surface area contributed by atoms with Crippen LogP contribution in [0.4, 0.5) is 26.3 Å². The summed E-state index contributed by atoms with van der Waals surface area (Å²) in [5.74, 6) is -5.17. The fourth-order valence-electron chi connectivity index (χ4n) is 3.00. The summed E-state index contributed by atoms with van der Waals surface area (Å²) in [5.41, 5.74) is 12.3. The Morgan fingerprint density at radius 1 is 0.972 bits per heavy atom. The number of aliphatic carboxylic acids is 2. The molecule has 0 unspecified atom stereocenters. The Morgan fingerprint density at radius 3 is 2.08 bits per heavy atom. The zero-order valence-electron chi connectivity index (χ0n) is 17.8. The van der Waals surface area contributed by atoms with Crippen molar-refractivity contribution in [2.24, 2.45) is 11.5 Å². The first-order chi connectivity index (χ1) is 16.5. The molecule has 0 aliphatic rings. The highest BCUT2D eigenvalue weighted by Gasteiger charge is 2.38. The lowest BCUT2D eigenvalue weighted by molar-refractivity contribution is -0.274. The monoisotopic (exact) mass is 521 g/mol. The van der Waals surface area contributed by atoms with Crippen molar-refractivity contribution in [2.45, 2.75) is 25.0 Å². The highest BCUT2D eigenvalue weighted by Crippen LogP contribution is 2.31. The largest absolute Gasteiger partial charge is 0.573 e. The van der Waals surface area contributed by atoms with Gasteiger partial charge in [0.2, 0.25) is 0 Å². The van der Waals surface area contributed by atoms with Crippen LogP contribution in [0.2, 0.25) is 0 Å². The molecule has 0 radical (unpaired) electrons. The van der Waals surface area contributed by atoms with Gasteiger partial charge in [-0.2, -0.15) is 13.2 Å². The van der Waals surface area contributed by atoms with Crippen LogP contribution < -0.4 is 16.2 Å². The van der Waals surface area contributed by atoms with E-state index in [-0.39, 0.29) is 17.6 Å². The maximum absolute atomic E-state index is 12.6. The summed E-state index contributed by atoms with van der Waals surface area (Å²) in [7, 11) is 0. The molecule has 194 valence electrons. The smallest absolute Gasteiger partial charge is 0.480 e. The second-order valence-electron chi connectivity index (χ2n) is 7.12. The predicted molar refractivity (Wildman–Crippen MR) is 111 cm³/mol. The minimum atomic E-state index is -5.08. The Morgan fingerprint density at radius 2 is 1.58 bits per heavy atom. The maximum atomic E-state index is 12.6. The third-order valence-corrected chi connectivity index (χ3v) is 4.45. The standard InChI is InChI=1S/C19H16F3N3O4.C2HF3O2/c20-19(21,22)29-13-5-4-11-8-16(17(24)26)25(15(11)9-13)12-3-1-2-10(6-12)7-14(23)18(27)28;3-2(4,5)1(6)7/h1-6,8-9,14H,7,23H2,(H2,24,26)(H,27,28);(H,6,7)/t14-;/m0./s1. The summed E-state index contributed by atoms with van der Waals surface area (Å²) in [5, 5.41) is 16.6. The average molecular weight is 521 g/mol. The number of carbonyl (C=O) groups is 3. The molecule has 9 nitrogen and oxygen atoms in total.